The van der Waals surface area contributed by atoms with Crippen LogP contribution in [0.25, 0.3) is 0 Å². The number of hydrogen-bond acceptors (Lipinski definition) is 1. The van der Waals surface area contributed by atoms with Crippen LogP contribution < -0.4 is 0 Å². The molecule has 0 saturated heterocycles. The molecule has 0 spiro atoms. The molecule has 1 saturated carbocycles. The number of rotatable bonds is 0. The van der Waals surface area contributed by atoms with Crippen molar-refractivity contribution in [2.24, 2.45) is 17.8 Å². The maximum absolute atomic E-state index is 10.7. The molecule has 0 aromatic carbocycles. The molecule has 0 aromatic heterocycles. The predicted molar refractivity (Wildman–Crippen MR) is 68.9 cm³/mol. The molecule has 1 fully saturated rings. The van der Waals surface area contributed by atoms with Crippen molar-refractivity contribution in [2.75, 3.05) is 0 Å². The average molecular weight is 220 g/mol. The Hall–Kier alpha value is -0.740. The molecule has 0 heterocycles. The molecule has 90 valence electrons. The summed E-state index contributed by atoms with van der Waals surface area (Å²) in [6.45, 7) is 10.4. The second kappa shape index (κ2) is 5.06. The van der Waals surface area contributed by atoms with Gasteiger partial charge in [-0.3, -0.25) is 0 Å². The van der Waals surface area contributed by atoms with Gasteiger partial charge in [-0.2, -0.15) is 0 Å². The minimum absolute atomic E-state index is 0.258. The van der Waals surface area contributed by atoms with E-state index in [1.165, 1.54) is 6.42 Å². The van der Waals surface area contributed by atoms with Gasteiger partial charge in [0.15, 0.2) is 0 Å². The molecule has 1 nitrogen and oxygen atoms in total. The van der Waals surface area contributed by atoms with E-state index >= 15 is 0 Å². The Bertz CT molecular complexity index is 331. The van der Waals surface area contributed by atoms with Crippen molar-refractivity contribution in [3.8, 4) is 11.8 Å². The third-order valence-corrected chi connectivity index (χ3v) is 4.25. The van der Waals surface area contributed by atoms with Crippen LogP contribution in [0.4, 0.5) is 0 Å². The summed E-state index contributed by atoms with van der Waals surface area (Å²) in [7, 11) is 0. The fourth-order valence-electron chi connectivity index (χ4n) is 2.37. The second-order valence-electron chi connectivity index (χ2n) is 5.29. The summed E-state index contributed by atoms with van der Waals surface area (Å²) in [5.74, 6) is 7.29. The molecule has 4 atom stereocenters. The van der Waals surface area contributed by atoms with E-state index in [0.717, 1.165) is 12.0 Å². The van der Waals surface area contributed by atoms with E-state index in [2.05, 4.69) is 32.6 Å². The quantitative estimate of drug-likeness (QED) is 0.620. The zero-order chi connectivity index (χ0) is 12.3. The van der Waals surface area contributed by atoms with E-state index in [-0.39, 0.29) is 11.8 Å². The summed E-state index contributed by atoms with van der Waals surface area (Å²) in [5.41, 5.74) is 0.230. The van der Waals surface area contributed by atoms with Gasteiger partial charge in [0, 0.05) is 0 Å². The fraction of sp³-hybridized carbons (Fsp3) is 0.733. The van der Waals surface area contributed by atoms with Crippen LogP contribution in [0.15, 0.2) is 11.6 Å². The highest BCUT2D eigenvalue weighted by atomic mass is 16.3. The molecule has 1 heteroatoms. The molecular formula is C15H24O. The molecule has 0 amide bonds. The lowest BCUT2D eigenvalue weighted by molar-refractivity contribution is -0.0544. The van der Waals surface area contributed by atoms with E-state index in [0.29, 0.717) is 5.92 Å². The predicted octanol–water partition coefficient (Wildman–Crippen LogP) is 3.39. The summed E-state index contributed by atoms with van der Waals surface area (Å²) in [5, 5.41) is 10.7. The smallest absolute Gasteiger partial charge is 0.131 e. The molecule has 0 aromatic rings. The molecule has 0 aliphatic heterocycles. The Balaban J connectivity index is 2.98. The molecule has 16 heavy (non-hydrogen) atoms. The largest absolute Gasteiger partial charge is 0.377 e. The highest BCUT2D eigenvalue weighted by Gasteiger charge is 2.43. The summed E-state index contributed by atoms with van der Waals surface area (Å²) >= 11 is 0. The first kappa shape index (κ1) is 13.3. The van der Waals surface area contributed by atoms with E-state index in [9.17, 15) is 5.11 Å². The standard InChI is InChI=1S/C15H24O/c1-6-11(2)9-10-15(16)13(4)8-7-12(3)14(15)5/h6,12-14,16H,7-8H2,1-5H3. The van der Waals surface area contributed by atoms with Gasteiger partial charge in [-0.05, 0) is 50.0 Å². The van der Waals surface area contributed by atoms with Crippen molar-refractivity contribution >= 4 is 0 Å². The lowest BCUT2D eigenvalue weighted by Gasteiger charge is -2.43. The molecule has 1 aliphatic rings. The van der Waals surface area contributed by atoms with Crippen LogP contribution in [-0.4, -0.2) is 10.7 Å². The Morgan fingerprint density at radius 2 is 1.94 bits per heavy atom. The van der Waals surface area contributed by atoms with Crippen molar-refractivity contribution in [3.05, 3.63) is 11.6 Å². The Morgan fingerprint density at radius 3 is 2.50 bits per heavy atom. The van der Waals surface area contributed by atoms with Crippen LogP contribution in [0.1, 0.15) is 47.5 Å². The summed E-state index contributed by atoms with van der Waals surface area (Å²) in [6, 6.07) is 0. The molecule has 1 rings (SSSR count). The van der Waals surface area contributed by atoms with Gasteiger partial charge in [0.2, 0.25) is 0 Å². The Kier molecular flexibility index (Phi) is 4.21. The van der Waals surface area contributed by atoms with Crippen LogP contribution in [0.2, 0.25) is 0 Å². The van der Waals surface area contributed by atoms with Crippen molar-refractivity contribution in [1.82, 2.24) is 0 Å². The minimum Gasteiger partial charge on any atom is -0.377 e. The first-order chi connectivity index (χ1) is 7.41. The van der Waals surface area contributed by atoms with Crippen LogP contribution in [0.5, 0.6) is 0 Å². The van der Waals surface area contributed by atoms with Crippen molar-refractivity contribution in [1.29, 1.82) is 0 Å². The van der Waals surface area contributed by atoms with Gasteiger partial charge in [0.25, 0.3) is 0 Å². The first-order valence-electron chi connectivity index (χ1n) is 6.30. The second-order valence-corrected chi connectivity index (χ2v) is 5.29. The minimum atomic E-state index is -0.804. The number of allylic oxidation sites excluding steroid dienone is 2. The van der Waals surface area contributed by atoms with E-state index < -0.39 is 5.60 Å². The lowest BCUT2D eigenvalue weighted by Crippen LogP contribution is -2.47. The van der Waals surface area contributed by atoms with E-state index in [1.54, 1.807) is 0 Å². The van der Waals surface area contributed by atoms with Gasteiger partial charge >= 0.3 is 0 Å². The van der Waals surface area contributed by atoms with Crippen molar-refractivity contribution in [3.63, 3.8) is 0 Å². The van der Waals surface area contributed by atoms with Gasteiger partial charge in [-0.1, -0.05) is 38.7 Å². The van der Waals surface area contributed by atoms with Gasteiger partial charge in [0.1, 0.15) is 5.60 Å². The zero-order valence-electron chi connectivity index (χ0n) is 11.2. The SMILES string of the molecule is CC=C(C)C#CC1(O)C(C)CCC(C)C1C. The molecule has 0 bridgehead atoms. The molecular weight excluding hydrogens is 196 g/mol. The Morgan fingerprint density at radius 1 is 1.31 bits per heavy atom. The number of hydrogen-bond donors (Lipinski definition) is 1. The maximum atomic E-state index is 10.7. The molecule has 1 aliphatic carbocycles. The van der Waals surface area contributed by atoms with Gasteiger partial charge in [0.05, 0.1) is 0 Å². The van der Waals surface area contributed by atoms with Crippen LogP contribution in [0.3, 0.4) is 0 Å². The Labute approximate surface area is 99.9 Å². The summed E-state index contributed by atoms with van der Waals surface area (Å²) < 4.78 is 0. The summed E-state index contributed by atoms with van der Waals surface area (Å²) in [6.07, 6.45) is 4.26. The van der Waals surface area contributed by atoms with Crippen LogP contribution >= 0.6 is 0 Å². The molecule has 0 radical (unpaired) electrons. The highest BCUT2D eigenvalue weighted by Crippen LogP contribution is 2.41. The number of aliphatic hydroxyl groups is 1. The molecule has 1 N–H and O–H groups in total. The molecule has 4 unspecified atom stereocenters. The third-order valence-electron chi connectivity index (χ3n) is 4.25. The first-order valence-corrected chi connectivity index (χ1v) is 6.30. The average Bonchev–Trinajstić information content (AvgIpc) is 2.29. The fourth-order valence-corrected chi connectivity index (χ4v) is 2.37. The van der Waals surface area contributed by atoms with Crippen molar-refractivity contribution in [2.45, 2.75) is 53.1 Å². The maximum Gasteiger partial charge on any atom is 0.131 e. The van der Waals surface area contributed by atoms with Crippen molar-refractivity contribution < 1.29 is 5.11 Å². The van der Waals surface area contributed by atoms with Crippen LogP contribution in [-0.2, 0) is 0 Å². The van der Waals surface area contributed by atoms with E-state index in [1.807, 2.05) is 19.9 Å². The highest BCUT2D eigenvalue weighted by molar-refractivity contribution is 5.31. The monoisotopic (exact) mass is 220 g/mol. The van der Waals surface area contributed by atoms with Gasteiger partial charge < -0.3 is 5.11 Å². The zero-order valence-corrected chi connectivity index (χ0v) is 11.2. The third kappa shape index (κ3) is 2.50. The lowest BCUT2D eigenvalue weighted by atomic mass is 9.65. The normalized spacial score (nSPS) is 40.1. The van der Waals surface area contributed by atoms with Gasteiger partial charge in [-0.25, -0.2) is 0 Å². The van der Waals surface area contributed by atoms with Gasteiger partial charge in [-0.15, -0.1) is 0 Å². The summed E-state index contributed by atoms with van der Waals surface area (Å²) in [4.78, 5) is 0. The van der Waals surface area contributed by atoms with Crippen LogP contribution in [0, 0.1) is 29.6 Å². The topological polar surface area (TPSA) is 20.2 Å². The van der Waals surface area contributed by atoms with E-state index in [4.69, 9.17) is 0 Å².